The van der Waals surface area contributed by atoms with E-state index in [9.17, 15) is 22.8 Å². The SMILES string of the molecule is Cc1c(-c2ccccc2)nc2c(Br)cccc2c1C(=O)NCC(CCC(=O)OC(C)(C)C)c1c(F)cccc1C(F)(F)F. The van der Waals surface area contributed by atoms with Crippen LogP contribution in [0.5, 0.6) is 0 Å². The molecule has 1 N–H and O–H groups in total. The second kappa shape index (κ2) is 12.8. The monoisotopic (exact) mass is 658 g/mol. The maximum Gasteiger partial charge on any atom is 0.416 e. The molecule has 3 aromatic carbocycles. The van der Waals surface area contributed by atoms with E-state index in [4.69, 9.17) is 9.72 Å². The number of benzene rings is 3. The Labute approximate surface area is 255 Å². The topological polar surface area (TPSA) is 68.3 Å². The molecule has 0 saturated heterocycles. The number of alkyl halides is 3. The summed E-state index contributed by atoms with van der Waals surface area (Å²) in [5, 5.41) is 3.28. The fourth-order valence-electron chi connectivity index (χ4n) is 5.05. The van der Waals surface area contributed by atoms with Crippen molar-refractivity contribution in [2.75, 3.05) is 6.54 Å². The predicted octanol–water partition coefficient (Wildman–Crippen LogP) is 8.77. The molecule has 0 aliphatic rings. The van der Waals surface area contributed by atoms with Crippen molar-refractivity contribution in [1.82, 2.24) is 10.3 Å². The van der Waals surface area contributed by atoms with E-state index in [-0.39, 0.29) is 19.4 Å². The molecule has 226 valence electrons. The van der Waals surface area contributed by atoms with Crippen molar-refractivity contribution in [3.63, 3.8) is 0 Å². The van der Waals surface area contributed by atoms with Gasteiger partial charge < -0.3 is 10.1 Å². The fourth-order valence-corrected chi connectivity index (χ4v) is 5.51. The van der Waals surface area contributed by atoms with Crippen LogP contribution in [0.3, 0.4) is 0 Å². The maximum absolute atomic E-state index is 15.1. The molecule has 0 radical (unpaired) electrons. The van der Waals surface area contributed by atoms with Gasteiger partial charge in [0, 0.05) is 39.9 Å². The van der Waals surface area contributed by atoms with E-state index in [0.29, 0.717) is 32.2 Å². The Morgan fingerprint density at radius 1 is 0.977 bits per heavy atom. The van der Waals surface area contributed by atoms with E-state index < -0.39 is 46.5 Å². The van der Waals surface area contributed by atoms with Crippen molar-refractivity contribution >= 4 is 38.7 Å². The van der Waals surface area contributed by atoms with E-state index in [1.54, 1.807) is 45.9 Å². The largest absolute Gasteiger partial charge is 0.460 e. The third-order valence-corrected chi connectivity index (χ3v) is 7.52. The second-order valence-electron chi connectivity index (χ2n) is 11.2. The number of carbonyl (C=O) groups is 2. The van der Waals surface area contributed by atoms with Crippen LogP contribution in [0.1, 0.15) is 66.6 Å². The van der Waals surface area contributed by atoms with Crippen LogP contribution in [0.15, 0.2) is 71.2 Å². The lowest BCUT2D eigenvalue weighted by molar-refractivity contribution is -0.155. The quantitative estimate of drug-likeness (QED) is 0.152. The van der Waals surface area contributed by atoms with Gasteiger partial charge in [0.15, 0.2) is 0 Å². The van der Waals surface area contributed by atoms with Gasteiger partial charge in [0.25, 0.3) is 5.91 Å². The van der Waals surface area contributed by atoms with Gasteiger partial charge in [-0.2, -0.15) is 13.2 Å². The molecule has 0 fully saturated rings. The normalized spacial score (nSPS) is 12.7. The molecule has 0 spiro atoms. The predicted molar refractivity (Wildman–Crippen MR) is 161 cm³/mol. The molecule has 1 heterocycles. The minimum Gasteiger partial charge on any atom is -0.460 e. The Morgan fingerprint density at radius 3 is 2.30 bits per heavy atom. The first-order chi connectivity index (χ1) is 20.2. The van der Waals surface area contributed by atoms with Gasteiger partial charge in [0.2, 0.25) is 0 Å². The molecule has 4 rings (SSSR count). The Hall–Kier alpha value is -3.79. The summed E-state index contributed by atoms with van der Waals surface area (Å²) in [6, 6.07) is 17.3. The minimum absolute atomic E-state index is 0.184. The maximum atomic E-state index is 15.1. The Bertz CT molecular complexity index is 1650. The lowest BCUT2D eigenvalue weighted by Crippen LogP contribution is -2.31. The number of ether oxygens (including phenoxy) is 1. The van der Waals surface area contributed by atoms with Crippen LogP contribution in [-0.2, 0) is 15.7 Å². The second-order valence-corrected chi connectivity index (χ2v) is 12.0. The number of hydrogen-bond acceptors (Lipinski definition) is 4. The summed E-state index contributed by atoms with van der Waals surface area (Å²) in [6.07, 6.45) is -5.30. The molecule has 1 unspecified atom stereocenters. The highest BCUT2D eigenvalue weighted by Crippen LogP contribution is 2.38. The number of amides is 1. The minimum atomic E-state index is -4.85. The summed E-state index contributed by atoms with van der Waals surface area (Å²) < 4.78 is 63.0. The van der Waals surface area contributed by atoms with Gasteiger partial charge in [-0.25, -0.2) is 9.37 Å². The first-order valence-electron chi connectivity index (χ1n) is 13.7. The highest BCUT2D eigenvalue weighted by Gasteiger charge is 2.37. The van der Waals surface area contributed by atoms with Crippen molar-refractivity contribution in [1.29, 1.82) is 0 Å². The van der Waals surface area contributed by atoms with Crippen LogP contribution in [0, 0.1) is 12.7 Å². The number of para-hydroxylation sites is 1. The third kappa shape index (κ3) is 7.60. The average molecular weight is 660 g/mol. The molecule has 0 bridgehead atoms. The number of pyridine rings is 1. The number of nitrogens with one attached hydrogen (secondary N) is 1. The van der Waals surface area contributed by atoms with Crippen molar-refractivity contribution in [2.24, 2.45) is 0 Å². The molecular formula is C33H31BrF4N2O3. The summed E-state index contributed by atoms with van der Waals surface area (Å²) >= 11 is 3.51. The number of fused-ring (bicyclic) bond motifs is 1. The van der Waals surface area contributed by atoms with Gasteiger partial charge in [-0.05, 0) is 73.8 Å². The van der Waals surface area contributed by atoms with Crippen molar-refractivity contribution < 1.29 is 31.9 Å². The fraction of sp³-hybridized carbons (Fsp3) is 0.303. The zero-order valence-electron chi connectivity index (χ0n) is 24.1. The zero-order valence-corrected chi connectivity index (χ0v) is 25.7. The van der Waals surface area contributed by atoms with E-state index >= 15 is 4.39 Å². The molecule has 0 aliphatic heterocycles. The first kappa shape index (κ1) is 32.1. The highest BCUT2D eigenvalue weighted by molar-refractivity contribution is 9.10. The summed E-state index contributed by atoms with van der Waals surface area (Å²) in [4.78, 5) is 31.1. The number of esters is 1. The number of halogens is 5. The number of hydrogen-bond donors (Lipinski definition) is 1. The van der Waals surface area contributed by atoms with Crippen molar-refractivity contribution in [2.45, 2.75) is 58.2 Å². The average Bonchev–Trinajstić information content (AvgIpc) is 2.92. The number of rotatable bonds is 8. The Kier molecular flexibility index (Phi) is 9.59. The summed E-state index contributed by atoms with van der Waals surface area (Å²) in [5.41, 5.74) is 0.178. The molecule has 1 aromatic heterocycles. The van der Waals surface area contributed by atoms with E-state index in [1.807, 2.05) is 30.3 Å². The van der Waals surface area contributed by atoms with Gasteiger partial charge in [-0.15, -0.1) is 0 Å². The zero-order chi connectivity index (χ0) is 31.5. The number of nitrogens with zero attached hydrogens (tertiary/aromatic N) is 1. The lowest BCUT2D eigenvalue weighted by Gasteiger charge is -2.24. The molecule has 4 aromatic rings. The molecule has 0 saturated carbocycles. The van der Waals surface area contributed by atoms with Crippen LogP contribution in [-0.4, -0.2) is 29.0 Å². The Morgan fingerprint density at radius 2 is 1.65 bits per heavy atom. The molecule has 5 nitrogen and oxygen atoms in total. The summed E-state index contributed by atoms with van der Waals surface area (Å²) in [7, 11) is 0. The molecule has 10 heteroatoms. The van der Waals surface area contributed by atoms with Gasteiger partial charge in [-0.1, -0.05) is 48.5 Å². The Balaban J connectivity index is 1.74. The van der Waals surface area contributed by atoms with Crippen LogP contribution < -0.4 is 5.32 Å². The summed E-state index contributed by atoms with van der Waals surface area (Å²) in [6.45, 7) is 6.41. The number of aromatic nitrogens is 1. The lowest BCUT2D eigenvalue weighted by atomic mass is 9.89. The molecular weight excluding hydrogens is 628 g/mol. The molecule has 43 heavy (non-hydrogen) atoms. The number of carbonyl (C=O) groups excluding carboxylic acids is 2. The van der Waals surface area contributed by atoms with Crippen molar-refractivity contribution in [3.05, 3.63) is 99.3 Å². The molecule has 1 amide bonds. The van der Waals surface area contributed by atoms with Crippen LogP contribution in [0.2, 0.25) is 0 Å². The van der Waals surface area contributed by atoms with Crippen molar-refractivity contribution in [3.8, 4) is 11.3 Å². The van der Waals surface area contributed by atoms with Crippen LogP contribution >= 0.6 is 15.9 Å². The van der Waals surface area contributed by atoms with Gasteiger partial charge >= 0.3 is 12.1 Å². The van der Waals surface area contributed by atoms with Gasteiger partial charge in [-0.3, -0.25) is 9.59 Å². The highest BCUT2D eigenvalue weighted by atomic mass is 79.9. The van der Waals surface area contributed by atoms with E-state index in [1.165, 1.54) is 0 Å². The third-order valence-electron chi connectivity index (χ3n) is 6.88. The summed E-state index contributed by atoms with van der Waals surface area (Å²) in [5.74, 6) is -3.45. The van der Waals surface area contributed by atoms with Gasteiger partial charge in [0.1, 0.15) is 11.4 Å². The smallest absolute Gasteiger partial charge is 0.416 e. The van der Waals surface area contributed by atoms with E-state index in [2.05, 4.69) is 21.2 Å². The van der Waals surface area contributed by atoms with Crippen LogP contribution in [0.25, 0.3) is 22.2 Å². The van der Waals surface area contributed by atoms with Crippen LogP contribution in [0.4, 0.5) is 17.6 Å². The standard InChI is InChI=1S/C33H31BrF4N2O3/c1-19-27(22-12-8-14-24(34)30(22)40-29(19)20-10-6-5-7-11-20)31(42)39-18-21(16-17-26(41)43-32(2,3)4)28-23(33(36,37)38)13-9-15-25(28)35/h5-15,21H,16-18H2,1-4H3,(H,39,42). The molecule has 0 aliphatic carbocycles. The first-order valence-corrected chi connectivity index (χ1v) is 14.5. The van der Waals surface area contributed by atoms with E-state index in [0.717, 1.165) is 23.8 Å². The van der Waals surface area contributed by atoms with Gasteiger partial charge in [0.05, 0.1) is 22.3 Å². The molecule has 1 atom stereocenters.